The van der Waals surface area contributed by atoms with Gasteiger partial charge in [-0.1, -0.05) is 134 Å². The Hall–Kier alpha value is -1.81. The summed E-state index contributed by atoms with van der Waals surface area (Å²) in [5.74, 6) is -0.950. The number of ether oxygens (including phenoxy) is 2. The van der Waals surface area contributed by atoms with Crippen LogP contribution in [0.5, 0.6) is 0 Å². The fourth-order valence-electron chi connectivity index (χ4n) is 5.49. The second-order valence-corrected chi connectivity index (χ2v) is 15.5. The van der Waals surface area contributed by atoms with Crippen molar-refractivity contribution in [3.63, 3.8) is 0 Å². The van der Waals surface area contributed by atoms with Gasteiger partial charge in [0.25, 0.3) is 0 Å². The number of aliphatic hydroxyl groups is 2. The zero-order chi connectivity index (χ0) is 39.1. The molecule has 11 heteroatoms. The van der Waals surface area contributed by atoms with Crippen LogP contribution >= 0.6 is 7.82 Å². The van der Waals surface area contributed by atoms with E-state index >= 15 is 0 Å². The maximum atomic E-state index is 12.6. The molecule has 0 heterocycles. The molecule has 53 heavy (non-hydrogen) atoms. The van der Waals surface area contributed by atoms with Crippen molar-refractivity contribution in [3.8, 4) is 0 Å². The molecule has 0 aliphatic carbocycles. The third kappa shape index (κ3) is 38.3. The number of esters is 2. The molecular weight excluding hydrogens is 695 g/mol. The molecule has 0 aliphatic rings. The lowest BCUT2D eigenvalue weighted by Crippen LogP contribution is -2.29. The van der Waals surface area contributed by atoms with E-state index in [1.54, 1.807) is 0 Å². The monoisotopic (exact) mass is 773 g/mol. The molecule has 0 spiro atoms. The SMILES string of the molecule is CCCCC/C=C\C/C=C\CCCCCCCC(=O)OC(COC(=O)CCCCCCC/C=C\CCCCCCCC)COP(=O)(O)OCC(O)CO. The van der Waals surface area contributed by atoms with Crippen molar-refractivity contribution in [2.75, 3.05) is 26.4 Å². The molecule has 3 N–H and O–H groups in total. The minimum atomic E-state index is -4.62. The van der Waals surface area contributed by atoms with Gasteiger partial charge in [0.1, 0.15) is 12.7 Å². The van der Waals surface area contributed by atoms with Gasteiger partial charge in [0.2, 0.25) is 0 Å². The van der Waals surface area contributed by atoms with E-state index in [0.29, 0.717) is 12.8 Å². The van der Waals surface area contributed by atoms with Crippen molar-refractivity contribution >= 4 is 19.8 Å². The normalized spacial score (nSPS) is 14.3. The van der Waals surface area contributed by atoms with Gasteiger partial charge in [0.05, 0.1) is 19.8 Å². The summed E-state index contributed by atoms with van der Waals surface area (Å²) in [6.07, 6.45) is 38.2. The molecule has 3 unspecified atom stereocenters. The molecule has 0 aromatic carbocycles. The topological polar surface area (TPSA) is 149 Å². The molecule has 0 amide bonds. The smallest absolute Gasteiger partial charge is 0.462 e. The second kappa shape index (κ2) is 38.5. The summed E-state index contributed by atoms with van der Waals surface area (Å²) in [4.78, 5) is 34.9. The number of hydrogen-bond acceptors (Lipinski definition) is 9. The molecule has 10 nitrogen and oxygen atoms in total. The highest BCUT2D eigenvalue weighted by Crippen LogP contribution is 2.43. The number of allylic oxidation sites excluding steroid dienone is 6. The molecule has 0 aromatic heterocycles. The summed E-state index contributed by atoms with van der Waals surface area (Å²) < 4.78 is 32.6. The maximum absolute atomic E-state index is 12.6. The second-order valence-electron chi connectivity index (χ2n) is 14.0. The van der Waals surface area contributed by atoms with E-state index in [0.717, 1.165) is 77.0 Å². The first-order chi connectivity index (χ1) is 25.7. The lowest BCUT2D eigenvalue weighted by atomic mass is 10.1. The van der Waals surface area contributed by atoms with Gasteiger partial charge in [0, 0.05) is 12.8 Å². The number of aliphatic hydroxyl groups excluding tert-OH is 2. The van der Waals surface area contributed by atoms with E-state index in [1.165, 1.54) is 64.2 Å². The Kier molecular flexibility index (Phi) is 37.2. The number of unbranched alkanes of at least 4 members (excludes halogenated alkanes) is 19. The molecule has 0 aliphatic heterocycles. The van der Waals surface area contributed by atoms with Crippen LogP contribution in [0.2, 0.25) is 0 Å². The van der Waals surface area contributed by atoms with Crippen LogP contribution in [-0.4, -0.2) is 65.7 Å². The lowest BCUT2D eigenvalue weighted by Gasteiger charge is -2.20. The molecule has 3 atom stereocenters. The Morgan fingerprint density at radius 1 is 0.566 bits per heavy atom. The highest BCUT2D eigenvalue weighted by molar-refractivity contribution is 7.47. The first-order valence-corrected chi connectivity index (χ1v) is 22.4. The average Bonchev–Trinajstić information content (AvgIpc) is 3.14. The number of rotatable bonds is 39. The third-order valence-electron chi connectivity index (χ3n) is 8.77. The molecule has 0 rings (SSSR count). The van der Waals surface area contributed by atoms with Gasteiger partial charge in [0.15, 0.2) is 6.10 Å². The van der Waals surface area contributed by atoms with Crippen LogP contribution in [0, 0.1) is 0 Å². The molecule has 0 saturated heterocycles. The van der Waals surface area contributed by atoms with Crippen LogP contribution in [0.1, 0.15) is 181 Å². The van der Waals surface area contributed by atoms with Gasteiger partial charge >= 0.3 is 19.8 Å². The molecule has 0 fully saturated rings. The minimum absolute atomic E-state index is 0.167. The fraction of sp³-hybridized carbons (Fsp3) is 0.810. The van der Waals surface area contributed by atoms with Crippen molar-refractivity contribution in [1.82, 2.24) is 0 Å². The van der Waals surface area contributed by atoms with Gasteiger partial charge in [-0.2, -0.15) is 0 Å². The van der Waals surface area contributed by atoms with Crippen molar-refractivity contribution < 1.29 is 47.8 Å². The largest absolute Gasteiger partial charge is 0.472 e. The molecular formula is C42H77O10P. The Morgan fingerprint density at radius 2 is 0.981 bits per heavy atom. The van der Waals surface area contributed by atoms with Crippen molar-refractivity contribution in [2.45, 2.75) is 193 Å². The fourth-order valence-corrected chi connectivity index (χ4v) is 6.28. The average molecular weight is 773 g/mol. The highest BCUT2D eigenvalue weighted by atomic mass is 31.2. The zero-order valence-electron chi connectivity index (χ0n) is 33.5. The predicted octanol–water partition coefficient (Wildman–Crippen LogP) is 10.8. The summed E-state index contributed by atoms with van der Waals surface area (Å²) >= 11 is 0. The molecule has 0 radical (unpaired) electrons. The molecule has 310 valence electrons. The first kappa shape index (κ1) is 51.2. The van der Waals surface area contributed by atoms with E-state index in [1.807, 2.05) is 0 Å². The van der Waals surface area contributed by atoms with Crippen molar-refractivity contribution in [2.24, 2.45) is 0 Å². The number of phosphoric ester groups is 1. The third-order valence-corrected chi connectivity index (χ3v) is 9.72. The summed E-state index contributed by atoms with van der Waals surface area (Å²) in [5.41, 5.74) is 0. The van der Waals surface area contributed by atoms with Gasteiger partial charge in [-0.3, -0.25) is 18.6 Å². The lowest BCUT2D eigenvalue weighted by molar-refractivity contribution is -0.161. The van der Waals surface area contributed by atoms with Crippen LogP contribution < -0.4 is 0 Å². The van der Waals surface area contributed by atoms with E-state index in [-0.39, 0.29) is 19.4 Å². The van der Waals surface area contributed by atoms with Gasteiger partial charge in [-0.25, -0.2) is 4.57 Å². The van der Waals surface area contributed by atoms with Crippen molar-refractivity contribution in [1.29, 1.82) is 0 Å². The van der Waals surface area contributed by atoms with Gasteiger partial charge in [-0.15, -0.1) is 0 Å². The van der Waals surface area contributed by atoms with Gasteiger partial charge < -0.3 is 24.6 Å². The Balaban J connectivity index is 4.36. The number of carbonyl (C=O) groups excluding carboxylic acids is 2. The standard InChI is InChI=1S/C42H77O10P/c1-3-5-7-9-11-13-15-17-19-21-23-25-27-29-31-33-41(45)49-37-40(38-51-53(47,48)50-36-39(44)35-43)52-42(46)34-32-30-28-26-24-22-20-18-16-14-12-10-8-6-4-2/h12,14,17-20,39-40,43-44H,3-11,13,15-16,21-38H2,1-2H3,(H,47,48)/b14-12-,19-17-,20-18-. The summed E-state index contributed by atoms with van der Waals surface area (Å²) in [6, 6.07) is 0. The zero-order valence-corrected chi connectivity index (χ0v) is 34.4. The summed E-state index contributed by atoms with van der Waals surface area (Å²) in [6.45, 7) is 2.32. The van der Waals surface area contributed by atoms with E-state index in [4.69, 9.17) is 19.1 Å². The quantitative estimate of drug-likeness (QED) is 0.0238. The van der Waals surface area contributed by atoms with Crippen LogP contribution in [-0.2, 0) is 32.7 Å². The number of phosphoric acid groups is 1. The van der Waals surface area contributed by atoms with Crippen molar-refractivity contribution in [3.05, 3.63) is 36.5 Å². The van der Waals surface area contributed by atoms with E-state index in [2.05, 4.69) is 54.8 Å². The molecule has 0 bridgehead atoms. The summed E-state index contributed by atoms with van der Waals surface area (Å²) in [5, 5.41) is 18.3. The molecule has 0 saturated carbocycles. The number of carbonyl (C=O) groups is 2. The van der Waals surface area contributed by atoms with Crippen LogP contribution in [0.25, 0.3) is 0 Å². The first-order valence-electron chi connectivity index (χ1n) is 20.9. The number of hydrogen-bond donors (Lipinski definition) is 3. The minimum Gasteiger partial charge on any atom is -0.462 e. The van der Waals surface area contributed by atoms with Crippen LogP contribution in [0.4, 0.5) is 0 Å². The van der Waals surface area contributed by atoms with E-state index in [9.17, 15) is 24.2 Å². The van der Waals surface area contributed by atoms with Crippen LogP contribution in [0.15, 0.2) is 36.5 Å². The van der Waals surface area contributed by atoms with Crippen LogP contribution in [0.3, 0.4) is 0 Å². The Labute approximate surface area is 322 Å². The van der Waals surface area contributed by atoms with Gasteiger partial charge in [-0.05, 0) is 70.6 Å². The highest BCUT2D eigenvalue weighted by Gasteiger charge is 2.27. The Morgan fingerprint density at radius 3 is 1.51 bits per heavy atom. The summed E-state index contributed by atoms with van der Waals surface area (Å²) in [7, 11) is -4.62. The molecule has 0 aromatic rings. The maximum Gasteiger partial charge on any atom is 0.472 e. The Bertz CT molecular complexity index is 983. The predicted molar refractivity (Wildman–Crippen MR) is 214 cm³/mol. The van der Waals surface area contributed by atoms with E-state index < -0.39 is 51.8 Å².